The summed E-state index contributed by atoms with van der Waals surface area (Å²) in [7, 11) is 0. The molecule has 116 valence electrons. The van der Waals surface area contributed by atoms with Gasteiger partial charge in [0.05, 0.1) is 17.2 Å². The number of halogens is 3. The Hall–Kier alpha value is -1.90. The van der Waals surface area contributed by atoms with Gasteiger partial charge in [0.15, 0.2) is 6.61 Å². The quantitative estimate of drug-likeness (QED) is 0.806. The van der Waals surface area contributed by atoms with Crippen LogP contribution in [0.5, 0.6) is 5.75 Å². The highest BCUT2D eigenvalue weighted by Crippen LogP contribution is 2.26. The Morgan fingerprint density at radius 2 is 1.90 bits per heavy atom. The topological polar surface area (TPSA) is 75.6 Å². The Balaban J connectivity index is 2.58. The Labute approximate surface area is 122 Å². The fourth-order valence-electron chi connectivity index (χ4n) is 1.27. The Morgan fingerprint density at radius 3 is 2.52 bits per heavy atom. The summed E-state index contributed by atoms with van der Waals surface area (Å²) in [6.45, 7) is -1.46. The number of carbonyl (C=O) groups is 2. The molecule has 0 radical (unpaired) electrons. The van der Waals surface area contributed by atoms with Crippen LogP contribution in [0.3, 0.4) is 0 Å². The first-order valence-electron chi connectivity index (χ1n) is 5.66. The highest BCUT2D eigenvalue weighted by atomic mass is 32.2. The third-order valence-electron chi connectivity index (χ3n) is 2.01. The van der Waals surface area contributed by atoms with Crippen LogP contribution in [0.25, 0.3) is 0 Å². The summed E-state index contributed by atoms with van der Waals surface area (Å²) < 4.78 is 40.9. The number of para-hydroxylation sites is 2. The zero-order chi connectivity index (χ0) is 15.9. The Bertz CT molecular complexity index is 508. The van der Waals surface area contributed by atoms with Crippen LogP contribution in [-0.4, -0.2) is 41.3 Å². The van der Waals surface area contributed by atoms with E-state index in [9.17, 15) is 22.8 Å². The van der Waals surface area contributed by atoms with E-state index in [2.05, 4.69) is 10.1 Å². The van der Waals surface area contributed by atoms with Crippen molar-refractivity contribution in [1.82, 2.24) is 0 Å². The SMILES string of the molecule is O=C(O)CSCC(=O)Nc1ccccc1OCC(F)(F)F. The summed E-state index contributed by atoms with van der Waals surface area (Å²) in [5, 5.41) is 10.8. The first-order chi connectivity index (χ1) is 9.78. The number of benzene rings is 1. The first-order valence-corrected chi connectivity index (χ1v) is 6.81. The Kier molecular flexibility index (Phi) is 6.35. The molecule has 0 saturated carbocycles. The van der Waals surface area contributed by atoms with Gasteiger partial charge in [0, 0.05) is 0 Å². The molecule has 0 fully saturated rings. The molecular weight excluding hydrogens is 311 g/mol. The third-order valence-corrected chi connectivity index (χ3v) is 2.93. The Morgan fingerprint density at radius 1 is 1.24 bits per heavy atom. The number of thioether (sulfide) groups is 1. The van der Waals surface area contributed by atoms with Gasteiger partial charge in [0.2, 0.25) is 5.91 Å². The predicted octanol–water partition coefficient (Wildman–Crippen LogP) is 2.38. The molecule has 2 N–H and O–H groups in total. The van der Waals surface area contributed by atoms with E-state index >= 15 is 0 Å². The minimum absolute atomic E-state index is 0.0997. The van der Waals surface area contributed by atoms with Crippen LogP contribution in [0, 0.1) is 0 Å². The third kappa shape index (κ3) is 7.45. The molecule has 0 aliphatic rings. The molecule has 1 rings (SSSR count). The van der Waals surface area contributed by atoms with Gasteiger partial charge in [0.25, 0.3) is 0 Å². The van der Waals surface area contributed by atoms with Crippen molar-refractivity contribution in [3.8, 4) is 5.75 Å². The summed E-state index contributed by atoms with van der Waals surface area (Å²) in [6.07, 6.45) is -4.48. The average Bonchev–Trinajstić information content (AvgIpc) is 2.36. The van der Waals surface area contributed by atoms with E-state index in [1.807, 2.05) is 0 Å². The standard InChI is InChI=1S/C12H12F3NO4S/c13-12(14,15)7-20-9-4-2-1-3-8(9)16-10(17)5-21-6-11(18)19/h1-4H,5-7H2,(H,16,17)(H,18,19). The fraction of sp³-hybridized carbons (Fsp3) is 0.333. The number of alkyl halides is 3. The largest absolute Gasteiger partial charge is 0.482 e. The molecule has 0 atom stereocenters. The maximum Gasteiger partial charge on any atom is 0.422 e. The number of nitrogens with one attached hydrogen (secondary N) is 1. The van der Waals surface area contributed by atoms with E-state index in [0.717, 1.165) is 11.8 Å². The van der Waals surface area contributed by atoms with Crippen molar-refractivity contribution in [2.24, 2.45) is 0 Å². The van der Waals surface area contributed by atoms with Crippen molar-refractivity contribution in [2.75, 3.05) is 23.4 Å². The number of rotatable bonds is 7. The summed E-state index contributed by atoms with van der Waals surface area (Å²) in [4.78, 5) is 21.8. The van der Waals surface area contributed by atoms with E-state index < -0.39 is 24.7 Å². The van der Waals surface area contributed by atoms with Crippen LogP contribution >= 0.6 is 11.8 Å². The molecule has 0 bridgehead atoms. The maximum atomic E-state index is 12.1. The number of hydrogen-bond donors (Lipinski definition) is 2. The number of amides is 1. The second kappa shape index (κ2) is 7.77. The minimum Gasteiger partial charge on any atom is -0.482 e. The van der Waals surface area contributed by atoms with Crippen LogP contribution in [0.15, 0.2) is 24.3 Å². The lowest BCUT2D eigenvalue weighted by molar-refractivity contribution is -0.153. The summed E-state index contributed by atoms with van der Waals surface area (Å²) in [6, 6.07) is 5.69. The monoisotopic (exact) mass is 323 g/mol. The highest BCUT2D eigenvalue weighted by Gasteiger charge is 2.28. The van der Waals surface area contributed by atoms with Gasteiger partial charge in [-0.2, -0.15) is 13.2 Å². The molecule has 0 spiro atoms. The van der Waals surface area contributed by atoms with E-state index in [0.29, 0.717) is 0 Å². The van der Waals surface area contributed by atoms with Crippen molar-refractivity contribution < 1.29 is 32.6 Å². The van der Waals surface area contributed by atoms with Gasteiger partial charge in [-0.25, -0.2) is 0 Å². The van der Waals surface area contributed by atoms with Crippen molar-refractivity contribution in [1.29, 1.82) is 0 Å². The van der Waals surface area contributed by atoms with Gasteiger partial charge in [-0.3, -0.25) is 9.59 Å². The van der Waals surface area contributed by atoms with Crippen molar-refractivity contribution in [3.05, 3.63) is 24.3 Å². The average molecular weight is 323 g/mol. The number of carboxylic acids is 1. The van der Waals surface area contributed by atoms with E-state index in [4.69, 9.17) is 5.11 Å². The number of hydrogen-bond acceptors (Lipinski definition) is 4. The molecule has 0 aliphatic carbocycles. The first kappa shape index (κ1) is 17.2. The molecule has 0 saturated heterocycles. The van der Waals surface area contributed by atoms with Crippen LogP contribution in [0.4, 0.5) is 18.9 Å². The summed E-state index contributed by atoms with van der Waals surface area (Å²) >= 11 is 0.880. The molecule has 5 nitrogen and oxygen atoms in total. The molecule has 9 heteroatoms. The molecule has 1 aromatic rings. The van der Waals surface area contributed by atoms with Crippen molar-refractivity contribution in [3.63, 3.8) is 0 Å². The van der Waals surface area contributed by atoms with E-state index in [1.54, 1.807) is 0 Å². The molecule has 0 heterocycles. The van der Waals surface area contributed by atoms with Crippen LogP contribution < -0.4 is 10.1 Å². The molecule has 1 amide bonds. The van der Waals surface area contributed by atoms with Gasteiger partial charge in [-0.1, -0.05) is 12.1 Å². The van der Waals surface area contributed by atoms with Gasteiger partial charge in [-0.15, -0.1) is 11.8 Å². The lowest BCUT2D eigenvalue weighted by Crippen LogP contribution is -2.21. The van der Waals surface area contributed by atoms with Crippen molar-refractivity contribution in [2.45, 2.75) is 6.18 Å². The van der Waals surface area contributed by atoms with Crippen LogP contribution in [0.1, 0.15) is 0 Å². The van der Waals surface area contributed by atoms with Crippen molar-refractivity contribution >= 4 is 29.3 Å². The normalized spacial score (nSPS) is 11.0. The van der Waals surface area contributed by atoms with Crippen LogP contribution in [0.2, 0.25) is 0 Å². The lowest BCUT2D eigenvalue weighted by atomic mass is 10.3. The number of ether oxygens (including phenoxy) is 1. The minimum atomic E-state index is -4.48. The predicted molar refractivity (Wildman–Crippen MR) is 71.6 cm³/mol. The van der Waals surface area contributed by atoms with Gasteiger partial charge < -0.3 is 15.2 Å². The zero-order valence-electron chi connectivity index (χ0n) is 10.6. The zero-order valence-corrected chi connectivity index (χ0v) is 11.5. The highest BCUT2D eigenvalue weighted by molar-refractivity contribution is 8.00. The summed E-state index contributed by atoms with van der Waals surface area (Å²) in [5.41, 5.74) is 0.0997. The molecule has 0 unspecified atom stereocenters. The summed E-state index contributed by atoms with van der Waals surface area (Å²) in [5.74, 6) is -2.04. The van der Waals surface area contributed by atoms with E-state index in [-0.39, 0.29) is 22.9 Å². The lowest BCUT2D eigenvalue weighted by Gasteiger charge is -2.13. The van der Waals surface area contributed by atoms with Gasteiger partial charge >= 0.3 is 12.1 Å². The molecular formula is C12H12F3NO4S. The maximum absolute atomic E-state index is 12.1. The molecule has 0 aliphatic heterocycles. The van der Waals surface area contributed by atoms with Crippen LogP contribution in [-0.2, 0) is 9.59 Å². The number of carboxylic acid groups (broad SMARTS) is 1. The van der Waals surface area contributed by atoms with Gasteiger partial charge in [0.1, 0.15) is 5.75 Å². The van der Waals surface area contributed by atoms with Gasteiger partial charge in [-0.05, 0) is 12.1 Å². The number of carbonyl (C=O) groups excluding carboxylic acids is 1. The second-order valence-corrected chi connectivity index (χ2v) is 4.82. The van der Waals surface area contributed by atoms with E-state index in [1.165, 1.54) is 24.3 Å². The second-order valence-electron chi connectivity index (χ2n) is 3.83. The molecule has 0 aromatic heterocycles. The number of anilines is 1. The molecule has 21 heavy (non-hydrogen) atoms. The number of aliphatic carboxylic acids is 1. The fourth-order valence-corrected chi connectivity index (χ4v) is 1.81. The smallest absolute Gasteiger partial charge is 0.422 e. The molecule has 1 aromatic carbocycles.